The van der Waals surface area contributed by atoms with Crippen LogP contribution in [0.15, 0.2) is 0 Å². The highest BCUT2D eigenvalue weighted by molar-refractivity contribution is 5.76. The first-order valence-electron chi connectivity index (χ1n) is 7.97. The lowest BCUT2D eigenvalue weighted by Gasteiger charge is -2.40. The lowest BCUT2D eigenvalue weighted by Crippen LogP contribution is -2.45. The van der Waals surface area contributed by atoms with Crippen LogP contribution in [-0.2, 0) is 4.79 Å². The van der Waals surface area contributed by atoms with E-state index in [1.807, 2.05) is 0 Å². The molecule has 0 radical (unpaired) electrons. The predicted molar refractivity (Wildman–Crippen MR) is 68.6 cm³/mol. The average molecular weight is 245 g/mol. The maximum Gasteiger partial charge on any atom is 0.220 e. The van der Waals surface area contributed by atoms with E-state index in [2.05, 4.69) is 19.2 Å². The minimum absolute atomic E-state index is 0.316. The maximum atomic E-state index is 12.0. The summed E-state index contributed by atoms with van der Waals surface area (Å²) in [5.74, 6) is 7.24. The number of hydrogen-bond acceptors (Lipinski definition) is 1. The Morgan fingerprint density at radius 3 is 2.78 bits per heavy atom. The van der Waals surface area contributed by atoms with Crippen LogP contribution in [0.3, 0.4) is 0 Å². The summed E-state index contributed by atoms with van der Waals surface area (Å²) in [6.07, 6.45) is 4.71. The minimum atomic E-state index is 0.316. The van der Waals surface area contributed by atoms with Crippen molar-refractivity contribution >= 4 is 5.91 Å². The molecule has 6 bridgehead atoms. The van der Waals surface area contributed by atoms with Crippen molar-refractivity contribution in [1.82, 2.24) is 5.32 Å². The fraction of sp³-hybridized carbons (Fsp3) is 0.938. The Morgan fingerprint density at radius 2 is 2.06 bits per heavy atom. The van der Waals surface area contributed by atoms with Crippen LogP contribution < -0.4 is 5.32 Å². The maximum absolute atomic E-state index is 12.0. The second-order valence-corrected chi connectivity index (χ2v) is 7.91. The number of rotatable bonds is 3. The van der Waals surface area contributed by atoms with Crippen molar-refractivity contribution < 1.29 is 4.79 Å². The van der Waals surface area contributed by atoms with E-state index in [-0.39, 0.29) is 0 Å². The van der Waals surface area contributed by atoms with Crippen LogP contribution >= 0.6 is 0 Å². The molecule has 0 aromatic carbocycles. The topological polar surface area (TPSA) is 29.1 Å². The van der Waals surface area contributed by atoms with Crippen molar-refractivity contribution in [2.24, 2.45) is 46.8 Å². The first-order chi connectivity index (χ1) is 8.67. The van der Waals surface area contributed by atoms with Gasteiger partial charge in [0.05, 0.1) is 0 Å². The molecule has 9 atom stereocenters. The summed E-state index contributed by atoms with van der Waals surface area (Å²) in [4.78, 5) is 12.0. The van der Waals surface area contributed by atoms with E-state index in [1.165, 1.54) is 12.8 Å². The highest BCUT2D eigenvalue weighted by Gasteiger charge is 2.84. The Labute approximate surface area is 109 Å². The van der Waals surface area contributed by atoms with Gasteiger partial charge < -0.3 is 5.32 Å². The minimum Gasteiger partial charge on any atom is -0.353 e. The third-order valence-corrected chi connectivity index (χ3v) is 7.81. The van der Waals surface area contributed by atoms with Crippen molar-refractivity contribution in [3.8, 4) is 0 Å². The predicted octanol–water partition coefficient (Wildman–Crippen LogP) is 2.44. The van der Waals surface area contributed by atoms with Crippen LogP contribution in [0.4, 0.5) is 0 Å². The summed E-state index contributed by atoms with van der Waals surface area (Å²) in [6, 6.07) is 0.541. The largest absolute Gasteiger partial charge is 0.353 e. The molecule has 18 heavy (non-hydrogen) atoms. The molecule has 1 amide bonds. The van der Waals surface area contributed by atoms with Gasteiger partial charge in [0.1, 0.15) is 0 Å². The molecule has 0 spiro atoms. The summed E-state index contributed by atoms with van der Waals surface area (Å²) >= 11 is 0. The monoisotopic (exact) mass is 245 g/mol. The number of carbonyl (C=O) groups excluding carboxylic acids is 1. The molecule has 98 valence electrons. The van der Waals surface area contributed by atoms with Gasteiger partial charge in [0.2, 0.25) is 5.91 Å². The Hall–Kier alpha value is -0.530. The van der Waals surface area contributed by atoms with Gasteiger partial charge in [-0.05, 0) is 66.1 Å². The number of nitrogens with one attached hydrogen (secondary N) is 1. The Kier molecular flexibility index (Phi) is 1.60. The fourth-order valence-electron chi connectivity index (χ4n) is 7.85. The second-order valence-electron chi connectivity index (χ2n) is 7.91. The van der Waals surface area contributed by atoms with Gasteiger partial charge in [-0.2, -0.15) is 0 Å². The van der Waals surface area contributed by atoms with E-state index in [1.54, 1.807) is 0 Å². The highest BCUT2D eigenvalue weighted by Crippen LogP contribution is 2.86. The molecule has 0 unspecified atom stereocenters. The van der Waals surface area contributed by atoms with E-state index in [4.69, 9.17) is 0 Å². The summed E-state index contributed by atoms with van der Waals surface area (Å²) in [5, 5.41) is 3.46. The number of amides is 1. The Bertz CT molecular complexity index is 446. The van der Waals surface area contributed by atoms with Gasteiger partial charge in [-0.3, -0.25) is 4.79 Å². The Balaban J connectivity index is 1.52. The number of carbonyl (C=O) groups is 1. The van der Waals surface area contributed by atoms with Crippen LogP contribution in [0.25, 0.3) is 0 Å². The SMILES string of the molecule is CCCC(=O)N[C@@H]1[C@H]2[C@@H]3C[C@H]4[C@H]5C[C@H]([C@@H]42)[C@]1(C)[C@H]53. The first-order valence-corrected chi connectivity index (χ1v) is 7.97. The fourth-order valence-corrected chi connectivity index (χ4v) is 7.85. The van der Waals surface area contributed by atoms with E-state index in [9.17, 15) is 4.79 Å². The molecule has 6 aliphatic carbocycles. The standard InChI is InChI=1S/C16H23NO/c1-3-4-11(18)17-15-13-9-5-7-8-6-10(12(7)13)16(15,2)14(8)9/h7-10,12-15H,3-6H2,1-2H3,(H,17,18)/t7-,8+,9-,10+,12+,13-,14+,15+,16+/m0/s1. The first kappa shape index (κ1) is 10.3. The molecule has 2 heteroatoms. The molecule has 0 heterocycles. The van der Waals surface area contributed by atoms with Crippen molar-refractivity contribution in [1.29, 1.82) is 0 Å². The van der Waals surface area contributed by atoms with Gasteiger partial charge in [0.15, 0.2) is 0 Å². The average Bonchev–Trinajstić information content (AvgIpc) is 2.99. The molecule has 6 rings (SSSR count). The van der Waals surface area contributed by atoms with Crippen molar-refractivity contribution in [3.05, 3.63) is 0 Å². The van der Waals surface area contributed by atoms with Crippen molar-refractivity contribution in [2.45, 2.75) is 45.6 Å². The van der Waals surface area contributed by atoms with Crippen molar-refractivity contribution in [3.63, 3.8) is 0 Å². The molecular weight excluding hydrogens is 222 g/mol. The van der Waals surface area contributed by atoms with Gasteiger partial charge in [-0.15, -0.1) is 0 Å². The van der Waals surface area contributed by atoms with E-state index >= 15 is 0 Å². The van der Waals surface area contributed by atoms with Crippen LogP contribution in [-0.4, -0.2) is 11.9 Å². The van der Waals surface area contributed by atoms with Crippen LogP contribution in [0, 0.1) is 46.8 Å². The summed E-state index contributed by atoms with van der Waals surface area (Å²) in [6.45, 7) is 4.62. The molecule has 2 nitrogen and oxygen atoms in total. The molecule has 6 aliphatic rings. The molecule has 0 aliphatic heterocycles. The molecule has 0 aromatic heterocycles. The zero-order valence-electron chi connectivity index (χ0n) is 11.4. The zero-order chi connectivity index (χ0) is 12.2. The van der Waals surface area contributed by atoms with Gasteiger partial charge >= 0.3 is 0 Å². The van der Waals surface area contributed by atoms with Gasteiger partial charge in [-0.1, -0.05) is 13.8 Å². The van der Waals surface area contributed by atoms with Crippen molar-refractivity contribution in [2.75, 3.05) is 0 Å². The Morgan fingerprint density at radius 1 is 1.22 bits per heavy atom. The molecule has 0 saturated heterocycles. The smallest absolute Gasteiger partial charge is 0.220 e. The quantitative estimate of drug-likeness (QED) is 0.813. The summed E-state index contributed by atoms with van der Waals surface area (Å²) < 4.78 is 0. The van der Waals surface area contributed by atoms with Gasteiger partial charge in [0.25, 0.3) is 0 Å². The molecular formula is C16H23NO. The van der Waals surface area contributed by atoms with E-state index in [0.29, 0.717) is 17.4 Å². The van der Waals surface area contributed by atoms with E-state index < -0.39 is 0 Å². The molecule has 6 fully saturated rings. The third kappa shape index (κ3) is 0.779. The summed E-state index contributed by atoms with van der Waals surface area (Å²) in [5.41, 5.74) is 0.487. The van der Waals surface area contributed by atoms with E-state index in [0.717, 1.165) is 54.3 Å². The normalized spacial score (nSPS) is 64.6. The molecule has 1 N–H and O–H groups in total. The highest BCUT2D eigenvalue weighted by atomic mass is 16.1. The zero-order valence-corrected chi connectivity index (χ0v) is 11.4. The lowest BCUT2D eigenvalue weighted by atomic mass is 9.64. The lowest BCUT2D eigenvalue weighted by molar-refractivity contribution is -0.122. The van der Waals surface area contributed by atoms with Crippen LogP contribution in [0.2, 0.25) is 0 Å². The summed E-state index contributed by atoms with van der Waals surface area (Å²) in [7, 11) is 0. The number of hydrogen-bond donors (Lipinski definition) is 1. The van der Waals surface area contributed by atoms with Gasteiger partial charge in [0, 0.05) is 12.5 Å². The van der Waals surface area contributed by atoms with Gasteiger partial charge in [-0.25, -0.2) is 0 Å². The molecule has 0 aromatic rings. The van der Waals surface area contributed by atoms with Crippen LogP contribution in [0.1, 0.15) is 39.5 Å². The van der Waals surface area contributed by atoms with Crippen LogP contribution in [0.5, 0.6) is 0 Å². The third-order valence-electron chi connectivity index (χ3n) is 7.81. The second kappa shape index (κ2) is 2.81. The molecule has 6 saturated carbocycles.